The van der Waals surface area contributed by atoms with E-state index >= 15 is 0 Å². The van der Waals surface area contributed by atoms with E-state index < -0.39 is 6.10 Å². The molecule has 6 heteroatoms. The first-order chi connectivity index (χ1) is 10.7. The first-order valence-corrected chi connectivity index (χ1v) is 7.73. The van der Waals surface area contributed by atoms with Gasteiger partial charge in [-0.3, -0.25) is 0 Å². The highest BCUT2D eigenvalue weighted by molar-refractivity contribution is 7.13. The largest absolute Gasteiger partial charge is 0.467 e. The number of nitrogens with one attached hydrogen (secondary N) is 1. The van der Waals surface area contributed by atoms with Crippen molar-refractivity contribution in [2.24, 2.45) is 0 Å². The Morgan fingerprint density at radius 2 is 2.09 bits per heavy atom. The van der Waals surface area contributed by atoms with Crippen LogP contribution in [0.25, 0.3) is 10.6 Å². The van der Waals surface area contributed by atoms with Gasteiger partial charge in [0.1, 0.15) is 22.7 Å². The average Bonchev–Trinajstić information content (AvgIpc) is 3.19. The van der Waals surface area contributed by atoms with Gasteiger partial charge in [-0.15, -0.1) is 11.3 Å². The Balaban J connectivity index is 1.55. The van der Waals surface area contributed by atoms with Gasteiger partial charge in [0.05, 0.1) is 12.0 Å². The van der Waals surface area contributed by atoms with Crippen molar-refractivity contribution >= 4 is 11.3 Å². The van der Waals surface area contributed by atoms with E-state index in [0.717, 1.165) is 16.3 Å². The minimum absolute atomic E-state index is 0.255. The van der Waals surface area contributed by atoms with Crippen LogP contribution < -0.4 is 5.32 Å². The standard InChI is InChI=1S/C16H15FN2O2S/c17-12-5-3-11(4-6-12)16-19-13(10-22-16)8-18-9-14(20)15-2-1-7-21-15/h1-7,10,14,18,20H,8-9H2. The van der Waals surface area contributed by atoms with Crippen LogP contribution in [0.2, 0.25) is 0 Å². The number of furan rings is 1. The van der Waals surface area contributed by atoms with Crippen molar-refractivity contribution in [3.8, 4) is 10.6 Å². The normalized spacial score (nSPS) is 12.5. The summed E-state index contributed by atoms with van der Waals surface area (Å²) in [4.78, 5) is 4.50. The molecule has 0 saturated heterocycles. The lowest BCUT2D eigenvalue weighted by Crippen LogP contribution is -2.20. The zero-order valence-electron chi connectivity index (χ0n) is 11.7. The first-order valence-electron chi connectivity index (χ1n) is 6.85. The Kier molecular flexibility index (Phi) is 4.62. The maximum absolute atomic E-state index is 12.9. The Labute approximate surface area is 131 Å². The Morgan fingerprint density at radius 1 is 1.27 bits per heavy atom. The second kappa shape index (κ2) is 6.83. The van der Waals surface area contributed by atoms with Crippen LogP contribution in [-0.2, 0) is 6.54 Å². The summed E-state index contributed by atoms with van der Waals surface area (Å²) in [5, 5.41) is 15.8. The predicted octanol–water partition coefficient (Wildman–Crippen LogP) is 3.37. The van der Waals surface area contributed by atoms with Gasteiger partial charge in [0.15, 0.2) is 0 Å². The van der Waals surface area contributed by atoms with E-state index in [4.69, 9.17) is 4.42 Å². The number of halogens is 1. The monoisotopic (exact) mass is 318 g/mol. The number of nitrogens with zero attached hydrogens (tertiary/aromatic N) is 1. The molecule has 0 aliphatic heterocycles. The van der Waals surface area contributed by atoms with Gasteiger partial charge in [-0.2, -0.15) is 0 Å². The Hall–Kier alpha value is -2.02. The lowest BCUT2D eigenvalue weighted by Gasteiger charge is -2.08. The van der Waals surface area contributed by atoms with Crippen LogP contribution in [0.5, 0.6) is 0 Å². The summed E-state index contributed by atoms with van der Waals surface area (Å²) >= 11 is 1.51. The molecule has 0 bridgehead atoms. The molecule has 1 unspecified atom stereocenters. The second-order valence-electron chi connectivity index (χ2n) is 4.81. The van der Waals surface area contributed by atoms with Crippen LogP contribution in [0, 0.1) is 5.82 Å². The SMILES string of the molecule is OC(CNCc1csc(-c2ccc(F)cc2)n1)c1ccco1. The Morgan fingerprint density at radius 3 is 2.82 bits per heavy atom. The molecular formula is C16H15FN2O2S. The Bertz CT molecular complexity index is 710. The topological polar surface area (TPSA) is 58.3 Å². The zero-order chi connectivity index (χ0) is 15.4. The van der Waals surface area contributed by atoms with E-state index in [1.54, 1.807) is 24.3 Å². The molecule has 114 valence electrons. The van der Waals surface area contributed by atoms with E-state index in [0.29, 0.717) is 18.8 Å². The fraction of sp³-hybridized carbons (Fsp3) is 0.188. The highest BCUT2D eigenvalue weighted by atomic mass is 32.1. The van der Waals surface area contributed by atoms with E-state index in [9.17, 15) is 9.50 Å². The summed E-state index contributed by atoms with van der Waals surface area (Å²) in [5.74, 6) is 0.284. The van der Waals surface area contributed by atoms with Gasteiger partial charge in [0, 0.05) is 24.0 Å². The summed E-state index contributed by atoms with van der Waals surface area (Å²) in [6.45, 7) is 0.937. The van der Waals surface area contributed by atoms with Crippen LogP contribution in [0.3, 0.4) is 0 Å². The molecule has 0 aliphatic rings. The van der Waals surface area contributed by atoms with Crippen molar-refractivity contribution in [1.29, 1.82) is 0 Å². The van der Waals surface area contributed by atoms with Crippen LogP contribution >= 0.6 is 11.3 Å². The van der Waals surface area contributed by atoms with Gasteiger partial charge in [-0.05, 0) is 36.4 Å². The van der Waals surface area contributed by atoms with E-state index in [1.165, 1.54) is 29.7 Å². The maximum atomic E-state index is 12.9. The van der Waals surface area contributed by atoms with Gasteiger partial charge in [0.2, 0.25) is 0 Å². The molecule has 3 aromatic rings. The molecule has 0 saturated carbocycles. The molecule has 2 heterocycles. The summed E-state index contributed by atoms with van der Waals surface area (Å²) in [5.41, 5.74) is 1.78. The van der Waals surface area contributed by atoms with Gasteiger partial charge < -0.3 is 14.8 Å². The van der Waals surface area contributed by atoms with Gasteiger partial charge in [0.25, 0.3) is 0 Å². The third kappa shape index (κ3) is 3.59. The lowest BCUT2D eigenvalue weighted by molar-refractivity contribution is 0.147. The van der Waals surface area contributed by atoms with Crippen molar-refractivity contribution in [2.75, 3.05) is 6.54 Å². The van der Waals surface area contributed by atoms with Crippen LogP contribution in [0.1, 0.15) is 17.6 Å². The molecule has 0 aliphatic carbocycles. The first kappa shape index (κ1) is 14.9. The minimum Gasteiger partial charge on any atom is -0.467 e. The van der Waals surface area contributed by atoms with Crippen LogP contribution in [0.15, 0.2) is 52.5 Å². The van der Waals surface area contributed by atoms with Crippen LogP contribution in [-0.4, -0.2) is 16.6 Å². The van der Waals surface area contributed by atoms with E-state index in [1.807, 2.05) is 5.38 Å². The summed E-state index contributed by atoms with van der Waals surface area (Å²) in [7, 11) is 0. The molecule has 22 heavy (non-hydrogen) atoms. The van der Waals surface area contributed by atoms with Crippen molar-refractivity contribution in [2.45, 2.75) is 12.6 Å². The van der Waals surface area contributed by atoms with Crippen molar-refractivity contribution in [3.05, 3.63) is 65.3 Å². The second-order valence-corrected chi connectivity index (χ2v) is 5.67. The molecule has 0 amide bonds. The van der Waals surface area contributed by atoms with Gasteiger partial charge in [-0.1, -0.05) is 0 Å². The molecule has 4 nitrogen and oxygen atoms in total. The van der Waals surface area contributed by atoms with Crippen molar-refractivity contribution in [3.63, 3.8) is 0 Å². The van der Waals surface area contributed by atoms with Gasteiger partial charge in [-0.25, -0.2) is 9.37 Å². The van der Waals surface area contributed by atoms with Crippen molar-refractivity contribution in [1.82, 2.24) is 10.3 Å². The third-order valence-electron chi connectivity index (χ3n) is 3.16. The fourth-order valence-corrected chi connectivity index (χ4v) is 2.86. The quantitative estimate of drug-likeness (QED) is 0.731. The number of aromatic nitrogens is 1. The number of hydrogen-bond donors (Lipinski definition) is 2. The molecule has 2 aromatic heterocycles. The molecule has 0 spiro atoms. The van der Waals surface area contributed by atoms with Crippen LogP contribution in [0.4, 0.5) is 4.39 Å². The predicted molar refractivity (Wildman–Crippen MR) is 82.9 cm³/mol. The zero-order valence-corrected chi connectivity index (χ0v) is 12.5. The fourth-order valence-electron chi connectivity index (χ4n) is 2.03. The molecule has 0 fully saturated rings. The van der Waals surface area contributed by atoms with Gasteiger partial charge >= 0.3 is 0 Å². The highest BCUT2D eigenvalue weighted by Gasteiger charge is 2.10. The molecule has 2 N–H and O–H groups in total. The number of thiazole rings is 1. The smallest absolute Gasteiger partial charge is 0.133 e. The summed E-state index contributed by atoms with van der Waals surface area (Å²) < 4.78 is 18.0. The third-order valence-corrected chi connectivity index (χ3v) is 4.10. The molecule has 0 radical (unpaired) electrons. The molecular weight excluding hydrogens is 303 g/mol. The molecule has 3 rings (SSSR count). The van der Waals surface area contributed by atoms with Crippen molar-refractivity contribution < 1.29 is 13.9 Å². The number of benzene rings is 1. The number of aliphatic hydroxyl groups excluding tert-OH is 1. The van der Waals surface area contributed by atoms with E-state index in [-0.39, 0.29) is 5.82 Å². The minimum atomic E-state index is -0.676. The summed E-state index contributed by atoms with van der Waals surface area (Å²) in [6.07, 6.45) is 0.860. The molecule has 1 atom stereocenters. The number of hydrogen-bond acceptors (Lipinski definition) is 5. The van der Waals surface area contributed by atoms with E-state index in [2.05, 4.69) is 10.3 Å². The maximum Gasteiger partial charge on any atom is 0.133 e. The highest BCUT2D eigenvalue weighted by Crippen LogP contribution is 2.23. The summed E-state index contributed by atoms with van der Waals surface area (Å²) in [6, 6.07) is 9.76. The average molecular weight is 318 g/mol. The number of aliphatic hydroxyl groups is 1. The number of rotatable bonds is 6. The molecule has 1 aromatic carbocycles. The lowest BCUT2D eigenvalue weighted by atomic mass is 10.2.